The molecule has 1 aromatic rings. The van der Waals surface area contributed by atoms with Gasteiger partial charge in [-0.15, -0.1) is 0 Å². The molecule has 2 fully saturated rings. The van der Waals surface area contributed by atoms with Crippen molar-refractivity contribution in [3.8, 4) is 0 Å². The number of hydrogen-bond donors (Lipinski definition) is 1. The Morgan fingerprint density at radius 3 is 2.77 bits per heavy atom. The highest BCUT2D eigenvalue weighted by Crippen LogP contribution is 2.28. The molecule has 5 nitrogen and oxygen atoms in total. The van der Waals surface area contributed by atoms with Crippen molar-refractivity contribution in [3.05, 3.63) is 27.7 Å². The molecule has 1 saturated heterocycles. The maximum atomic E-state index is 12.3. The molecule has 2 heterocycles. The molecule has 2 aliphatic carbocycles. The number of rotatable bonds is 3. The Hall–Kier alpha value is -1.20. The number of aryl methyl sites for hydroxylation is 2. The minimum absolute atomic E-state index is 0.0984. The van der Waals surface area contributed by atoms with Crippen molar-refractivity contribution < 1.29 is 4.74 Å². The SMILES string of the molecule is O=c1cc2c(nn1C1CCC(NC3CCOC3)CC1)CCC2. The van der Waals surface area contributed by atoms with E-state index in [4.69, 9.17) is 4.74 Å². The maximum Gasteiger partial charge on any atom is 0.267 e. The Labute approximate surface area is 131 Å². The summed E-state index contributed by atoms with van der Waals surface area (Å²) in [5.74, 6) is 0. The third kappa shape index (κ3) is 2.84. The number of aromatic nitrogens is 2. The Kier molecular flexibility index (Phi) is 4.01. The predicted molar refractivity (Wildman–Crippen MR) is 84.2 cm³/mol. The molecule has 1 aliphatic heterocycles. The number of nitrogens with one attached hydrogen (secondary N) is 1. The van der Waals surface area contributed by atoms with Crippen LogP contribution in [0.4, 0.5) is 0 Å². The van der Waals surface area contributed by atoms with Crippen molar-refractivity contribution in [2.45, 2.75) is 69.5 Å². The summed E-state index contributed by atoms with van der Waals surface area (Å²) in [7, 11) is 0. The van der Waals surface area contributed by atoms with E-state index in [0.29, 0.717) is 12.1 Å². The van der Waals surface area contributed by atoms with Crippen LogP contribution in [0.15, 0.2) is 10.9 Å². The van der Waals surface area contributed by atoms with E-state index < -0.39 is 0 Å². The Morgan fingerprint density at radius 1 is 1.14 bits per heavy atom. The lowest BCUT2D eigenvalue weighted by atomic mass is 9.90. The van der Waals surface area contributed by atoms with Crippen molar-refractivity contribution in [1.29, 1.82) is 0 Å². The highest BCUT2D eigenvalue weighted by atomic mass is 16.5. The van der Waals surface area contributed by atoms with Gasteiger partial charge >= 0.3 is 0 Å². The fraction of sp³-hybridized carbons (Fsp3) is 0.765. The molecule has 1 atom stereocenters. The minimum Gasteiger partial charge on any atom is -0.380 e. The van der Waals surface area contributed by atoms with Gasteiger partial charge in [-0.05, 0) is 56.9 Å². The topological polar surface area (TPSA) is 56.2 Å². The van der Waals surface area contributed by atoms with Crippen molar-refractivity contribution in [1.82, 2.24) is 15.1 Å². The molecule has 0 amide bonds. The monoisotopic (exact) mass is 303 g/mol. The lowest BCUT2D eigenvalue weighted by molar-refractivity contribution is 0.183. The fourth-order valence-electron chi connectivity index (χ4n) is 4.16. The van der Waals surface area contributed by atoms with Crippen molar-refractivity contribution in [3.63, 3.8) is 0 Å². The summed E-state index contributed by atoms with van der Waals surface area (Å²) in [5, 5.41) is 8.38. The van der Waals surface area contributed by atoms with E-state index in [0.717, 1.165) is 70.3 Å². The Balaban J connectivity index is 1.40. The predicted octanol–water partition coefficient (Wildman–Crippen LogP) is 1.59. The summed E-state index contributed by atoms with van der Waals surface area (Å²) < 4.78 is 7.21. The summed E-state index contributed by atoms with van der Waals surface area (Å²) in [6.45, 7) is 1.74. The van der Waals surface area contributed by atoms with Crippen molar-refractivity contribution in [2.75, 3.05) is 13.2 Å². The average molecular weight is 303 g/mol. The van der Waals surface area contributed by atoms with Crippen LogP contribution in [-0.2, 0) is 17.6 Å². The Bertz CT molecular complexity index is 584. The summed E-state index contributed by atoms with van der Waals surface area (Å²) >= 11 is 0. The lowest BCUT2D eigenvalue weighted by Gasteiger charge is -2.31. The van der Waals surface area contributed by atoms with Gasteiger partial charge in [-0.25, -0.2) is 4.68 Å². The fourth-order valence-corrected chi connectivity index (χ4v) is 4.16. The molecular weight excluding hydrogens is 278 g/mol. The molecule has 1 unspecified atom stereocenters. The number of ether oxygens (including phenoxy) is 1. The van der Waals surface area contributed by atoms with E-state index in [2.05, 4.69) is 10.4 Å². The minimum atomic E-state index is 0.0984. The normalized spacial score (nSPS) is 31.4. The second-order valence-electron chi connectivity index (χ2n) is 6.99. The van der Waals surface area contributed by atoms with Gasteiger partial charge in [0.25, 0.3) is 5.56 Å². The van der Waals surface area contributed by atoms with E-state index in [1.54, 1.807) is 4.68 Å². The first-order chi connectivity index (χ1) is 10.8. The van der Waals surface area contributed by atoms with E-state index in [1.807, 2.05) is 6.07 Å². The van der Waals surface area contributed by atoms with Crippen LogP contribution in [0.5, 0.6) is 0 Å². The van der Waals surface area contributed by atoms with Gasteiger partial charge in [-0.3, -0.25) is 4.79 Å². The first kappa shape index (κ1) is 14.4. The van der Waals surface area contributed by atoms with Gasteiger partial charge in [0.2, 0.25) is 0 Å². The van der Waals surface area contributed by atoms with Crippen LogP contribution in [-0.4, -0.2) is 35.1 Å². The molecule has 5 heteroatoms. The molecule has 4 rings (SSSR count). The highest BCUT2D eigenvalue weighted by molar-refractivity contribution is 5.22. The smallest absolute Gasteiger partial charge is 0.267 e. The van der Waals surface area contributed by atoms with Gasteiger partial charge in [0.15, 0.2) is 0 Å². The summed E-state index contributed by atoms with van der Waals surface area (Å²) in [5.41, 5.74) is 2.43. The van der Waals surface area contributed by atoms with Gasteiger partial charge in [0.1, 0.15) is 0 Å². The number of fused-ring (bicyclic) bond motifs is 1. The van der Waals surface area contributed by atoms with Gasteiger partial charge < -0.3 is 10.1 Å². The van der Waals surface area contributed by atoms with Crippen molar-refractivity contribution in [2.24, 2.45) is 0 Å². The molecule has 0 bridgehead atoms. The molecule has 1 saturated carbocycles. The zero-order valence-electron chi connectivity index (χ0n) is 13.1. The zero-order chi connectivity index (χ0) is 14.9. The van der Waals surface area contributed by atoms with E-state index >= 15 is 0 Å². The van der Waals surface area contributed by atoms with Gasteiger partial charge in [-0.2, -0.15) is 5.10 Å². The second-order valence-corrected chi connectivity index (χ2v) is 6.99. The van der Waals surface area contributed by atoms with Crippen LogP contribution < -0.4 is 10.9 Å². The number of hydrogen-bond acceptors (Lipinski definition) is 4. The third-order valence-electron chi connectivity index (χ3n) is 5.43. The van der Waals surface area contributed by atoms with Crippen molar-refractivity contribution >= 4 is 0 Å². The summed E-state index contributed by atoms with van der Waals surface area (Å²) in [6.07, 6.45) is 8.71. The molecule has 120 valence electrons. The van der Waals surface area contributed by atoms with Crippen LogP contribution in [0, 0.1) is 0 Å². The largest absolute Gasteiger partial charge is 0.380 e. The number of nitrogens with zero attached hydrogens (tertiary/aromatic N) is 2. The Morgan fingerprint density at radius 2 is 2.00 bits per heavy atom. The quantitative estimate of drug-likeness (QED) is 0.921. The standard InChI is InChI=1S/C17H25N3O2/c21-17-10-12-2-1-3-16(12)19-20(17)15-6-4-13(5-7-15)18-14-8-9-22-11-14/h10,13-15,18H,1-9,11H2. The summed E-state index contributed by atoms with van der Waals surface area (Å²) in [4.78, 5) is 12.3. The zero-order valence-corrected chi connectivity index (χ0v) is 13.1. The third-order valence-corrected chi connectivity index (χ3v) is 5.43. The van der Waals surface area contributed by atoms with E-state index in [9.17, 15) is 4.79 Å². The molecule has 1 N–H and O–H groups in total. The highest BCUT2D eigenvalue weighted by Gasteiger charge is 2.27. The van der Waals surface area contributed by atoms with E-state index in [1.165, 1.54) is 5.56 Å². The average Bonchev–Trinajstić information content (AvgIpc) is 3.18. The van der Waals surface area contributed by atoms with Gasteiger partial charge in [0, 0.05) is 24.8 Å². The molecule has 0 radical (unpaired) electrons. The van der Waals surface area contributed by atoms with Crippen LogP contribution in [0.2, 0.25) is 0 Å². The van der Waals surface area contributed by atoms with Gasteiger partial charge in [0.05, 0.1) is 18.3 Å². The van der Waals surface area contributed by atoms with Crippen LogP contribution in [0.3, 0.4) is 0 Å². The molecular formula is C17H25N3O2. The molecule has 0 aromatic carbocycles. The maximum absolute atomic E-state index is 12.3. The van der Waals surface area contributed by atoms with E-state index in [-0.39, 0.29) is 11.6 Å². The van der Waals surface area contributed by atoms with Crippen LogP contribution in [0.1, 0.15) is 55.8 Å². The lowest BCUT2D eigenvalue weighted by Crippen LogP contribution is -2.42. The van der Waals surface area contributed by atoms with Crippen LogP contribution in [0.25, 0.3) is 0 Å². The summed E-state index contributed by atoms with van der Waals surface area (Å²) in [6, 6.07) is 3.22. The molecule has 1 aromatic heterocycles. The van der Waals surface area contributed by atoms with Gasteiger partial charge in [-0.1, -0.05) is 0 Å². The first-order valence-electron chi connectivity index (χ1n) is 8.75. The molecule has 22 heavy (non-hydrogen) atoms. The molecule has 3 aliphatic rings. The second kappa shape index (κ2) is 6.13. The van der Waals surface area contributed by atoms with Crippen LogP contribution >= 0.6 is 0 Å². The first-order valence-corrected chi connectivity index (χ1v) is 8.75. The molecule has 0 spiro atoms.